The molecular formula is C35H39N3O5S. The summed E-state index contributed by atoms with van der Waals surface area (Å²) in [6, 6.07) is 31.2. The van der Waals surface area contributed by atoms with E-state index in [0.29, 0.717) is 19.6 Å². The number of rotatable bonds is 10. The number of anilines is 1. The zero-order valence-electron chi connectivity index (χ0n) is 25.3. The van der Waals surface area contributed by atoms with E-state index in [0.717, 1.165) is 16.7 Å². The molecule has 0 radical (unpaired) electrons. The van der Waals surface area contributed by atoms with Crippen molar-refractivity contribution in [2.45, 2.75) is 37.4 Å². The lowest BCUT2D eigenvalue weighted by atomic mass is 9.98. The summed E-state index contributed by atoms with van der Waals surface area (Å²) < 4.78 is 35.8. The molecule has 0 saturated carbocycles. The van der Waals surface area contributed by atoms with Gasteiger partial charge in [-0.05, 0) is 54.9 Å². The van der Waals surface area contributed by atoms with Crippen molar-refractivity contribution in [1.82, 2.24) is 9.80 Å². The van der Waals surface area contributed by atoms with Crippen LogP contribution in [0.5, 0.6) is 5.75 Å². The minimum atomic E-state index is -3.94. The highest BCUT2D eigenvalue weighted by Gasteiger charge is 2.35. The molecule has 44 heavy (non-hydrogen) atoms. The van der Waals surface area contributed by atoms with Crippen LogP contribution in [0.2, 0.25) is 0 Å². The van der Waals surface area contributed by atoms with Crippen molar-refractivity contribution < 1.29 is 23.1 Å². The molecular weight excluding hydrogens is 574 g/mol. The molecule has 0 saturated heterocycles. The molecule has 5 rings (SSSR count). The van der Waals surface area contributed by atoms with E-state index < -0.39 is 16.1 Å². The number of fused-ring (bicyclic) bond motifs is 1. The van der Waals surface area contributed by atoms with Crippen LogP contribution in [0.15, 0.2) is 108 Å². The summed E-state index contributed by atoms with van der Waals surface area (Å²) in [6.45, 7) is 5.19. The van der Waals surface area contributed by atoms with Gasteiger partial charge in [-0.2, -0.15) is 0 Å². The number of benzene rings is 4. The number of amides is 1. The molecule has 3 atom stereocenters. The van der Waals surface area contributed by atoms with Crippen LogP contribution in [0.4, 0.5) is 5.69 Å². The summed E-state index contributed by atoms with van der Waals surface area (Å²) in [5.74, 6) is -0.258. The van der Waals surface area contributed by atoms with Crippen LogP contribution in [-0.2, 0) is 16.6 Å². The summed E-state index contributed by atoms with van der Waals surface area (Å²) in [7, 11) is -1.93. The number of sulfonamides is 1. The smallest absolute Gasteiger partial charge is 0.262 e. The third kappa shape index (κ3) is 7.13. The van der Waals surface area contributed by atoms with Gasteiger partial charge in [0.2, 0.25) is 0 Å². The number of aliphatic hydroxyl groups excluding tert-OH is 1. The Morgan fingerprint density at radius 1 is 0.932 bits per heavy atom. The second kappa shape index (κ2) is 13.6. The molecule has 1 aliphatic heterocycles. The second-order valence-corrected chi connectivity index (χ2v) is 13.2. The minimum absolute atomic E-state index is 0.105. The van der Waals surface area contributed by atoms with E-state index in [1.807, 2.05) is 32.2 Å². The predicted octanol–water partition coefficient (Wildman–Crippen LogP) is 5.51. The monoisotopic (exact) mass is 613 g/mol. The van der Waals surface area contributed by atoms with E-state index in [1.54, 1.807) is 48.2 Å². The summed E-state index contributed by atoms with van der Waals surface area (Å²) >= 11 is 0. The number of carbonyl (C=O) groups is 1. The number of ether oxygens (including phenoxy) is 1. The number of carbonyl (C=O) groups excluding carboxylic acids is 1. The van der Waals surface area contributed by atoms with E-state index >= 15 is 0 Å². The first-order valence-electron chi connectivity index (χ1n) is 14.8. The highest BCUT2D eigenvalue weighted by Crippen LogP contribution is 2.36. The first kappa shape index (κ1) is 31.3. The van der Waals surface area contributed by atoms with E-state index in [4.69, 9.17) is 4.74 Å². The molecule has 0 aliphatic carbocycles. The number of para-hydroxylation sites is 1. The Kier molecular flexibility index (Phi) is 9.68. The zero-order valence-corrected chi connectivity index (χ0v) is 26.1. The molecule has 0 fully saturated rings. The molecule has 4 aromatic carbocycles. The molecule has 1 heterocycles. The third-order valence-corrected chi connectivity index (χ3v) is 9.38. The van der Waals surface area contributed by atoms with Crippen molar-refractivity contribution in [2.24, 2.45) is 5.92 Å². The van der Waals surface area contributed by atoms with E-state index in [2.05, 4.69) is 46.0 Å². The van der Waals surface area contributed by atoms with Gasteiger partial charge in [-0.25, -0.2) is 8.42 Å². The lowest BCUT2D eigenvalue weighted by molar-refractivity contribution is 0.0344. The molecule has 1 amide bonds. The Morgan fingerprint density at radius 2 is 1.57 bits per heavy atom. The highest BCUT2D eigenvalue weighted by atomic mass is 32.2. The maximum absolute atomic E-state index is 13.8. The normalized spacial score (nSPS) is 17.8. The van der Waals surface area contributed by atoms with Gasteiger partial charge in [0.15, 0.2) is 5.75 Å². The highest BCUT2D eigenvalue weighted by molar-refractivity contribution is 7.92. The Hall–Kier alpha value is -4.18. The molecule has 0 aromatic heterocycles. The summed E-state index contributed by atoms with van der Waals surface area (Å²) in [6.07, 6.45) is -0.383. The van der Waals surface area contributed by atoms with Gasteiger partial charge in [-0.3, -0.25) is 14.4 Å². The summed E-state index contributed by atoms with van der Waals surface area (Å²) in [5.41, 5.74) is 3.90. The van der Waals surface area contributed by atoms with Crippen molar-refractivity contribution in [3.05, 3.63) is 114 Å². The van der Waals surface area contributed by atoms with Gasteiger partial charge in [0.05, 0.1) is 28.8 Å². The zero-order chi connectivity index (χ0) is 31.3. The van der Waals surface area contributed by atoms with Crippen LogP contribution in [0, 0.1) is 5.92 Å². The SMILES string of the molecule is C[C@@H]1CN([C@@H](C)CO)C(=O)c2cccc(NS(=O)(=O)c3ccccc3)c2O[C@@H]1CN(C)Cc1ccc(-c2ccccc2)cc1. The molecule has 0 unspecified atom stereocenters. The molecule has 0 bridgehead atoms. The number of hydrogen-bond donors (Lipinski definition) is 2. The molecule has 0 spiro atoms. The number of nitrogens with zero attached hydrogens (tertiary/aromatic N) is 2. The summed E-state index contributed by atoms with van der Waals surface area (Å²) in [4.78, 5) is 17.7. The fourth-order valence-corrected chi connectivity index (χ4v) is 6.55. The number of hydrogen-bond acceptors (Lipinski definition) is 6. The van der Waals surface area contributed by atoms with Crippen molar-refractivity contribution >= 4 is 21.6 Å². The van der Waals surface area contributed by atoms with Crippen molar-refractivity contribution in [3.63, 3.8) is 0 Å². The predicted molar refractivity (Wildman–Crippen MR) is 173 cm³/mol. The number of aliphatic hydroxyl groups is 1. The molecule has 2 N–H and O–H groups in total. The van der Waals surface area contributed by atoms with Crippen molar-refractivity contribution in [3.8, 4) is 16.9 Å². The molecule has 8 nitrogen and oxygen atoms in total. The maximum atomic E-state index is 13.8. The number of nitrogens with one attached hydrogen (secondary N) is 1. The maximum Gasteiger partial charge on any atom is 0.262 e. The summed E-state index contributed by atoms with van der Waals surface area (Å²) in [5, 5.41) is 9.98. The molecule has 230 valence electrons. The van der Waals surface area contributed by atoms with Gasteiger partial charge in [0, 0.05) is 25.6 Å². The van der Waals surface area contributed by atoms with Gasteiger partial charge < -0.3 is 14.7 Å². The molecule has 9 heteroatoms. The third-order valence-electron chi connectivity index (χ3n) is 7.99. The first-order chi connectivity index (χ1) is 21.2. The topological polar surface area (TPSA) is 99.2 Å². The Labute approximate surface area is 260 Å². The Morgan fingerprint density at radius 3 is 2.23 bits per heavy atom. The van der Waals surface area contributed by atoms with Crippen LogP contribution >= 0.6 is 0 Å². The quantitative estimate of drug-likeness (QED) is 0.245. The average molecular weight is 614 g/mol. The molecule has 4 aromatic rings. The lowest BCUT2D eigenvalue weighted by Crippen LogP contribution is -2.49. The van der Waals surface area contributed by atoms with Gasteiger partial charge in [0.25, 0.3) is 15.9 Å². The van der Waals surface area contributed by atoms with E-state index in [9.17, 15) is 18.3 Å². The van der Waals surface area contributed by atoms with Crippen LogP contribution < -0.4 is 9.46 Å². The molecule has 1 aliphatic rings. The van der Waals surface area contributed by atoms with Crippen molar-refractivity contribution in [2.75, 3.05) is 31.5 Å². The van der Waals surface area contributed by atoms with Gasteiger partial charge in [-0.15, -0.1) is 0 Å². The van der Waals surface area contributed by atoms with Crippen LogP contribution in [0.25, 0.3) is 11.1 Å². The van der Waals surface area contributed by atoms with Gasteiger partial charge in [-0.1, -0.05) is 85.8 Å². The Bertz CT molecular complexity index is 1660. The van der Waals surface area contributed by atoms with Crippen LogP contribution in [0.1, 0.15) is 29.8 Å². The van der Waals surface area contributed by atoms with Gasteiger partial charge >= 0.3 is 0 Å². The van der Waals surface area contributed by atoms with E-state index in [1.165, 1.54) is 12.1 Å². The fraction of sp³-hybridized carbons (Fsp3) is 0.286. The van der Waals surface area contributed by atoms with Crippen molar-refractivity contribution in [1.29, 1.82) is 0 Å². The largest absolute Gasteiger partial charge is 0.486 e. The number of likely N-dealkylation sites (N-methyl/N-ethyl adjacent to an activating group) is 1. The first-order valence-corrected chi connectivity index (χ1v) is 16.3. The van der Waals surface area contributed by atoms with Gasteiger partial charge in [0.1, 0.15) is 6.10 Å². The standard InChI is InChI=1S/C35H39N3O5S/c1-25-21-38(26(2)24-39)35(40)31-15-10-16-32(36-44(41,42)30-13-8-5-9-14-30)34(31)43-33(25)23-37(3)22-27-17-19-29(20-18-27)28-11-6-4-7-12-28/h4-20,25-26,33,36,39H,21-24H2,1-3H3/t25-,26+,33-/m1/s1. The Balaban J connectivity index is 1.42. The second-order valence-electron chi connectivity index (χ2n) is 11.5. The fourth-order valence-electron chi connectivity index (χ4n) is 5.46. The van der Waals surface area contributed by atoms with Crippen LogP contribution in [0.3, 0.4) is 0 Å². The average Bonchev–Trinajstić information content (AvgIpc) is 3.03. The lowest BCUT2D eigenvalue weighted by Gasteiger charge is -2.38. The van der Waals surface area contributed by atoms with Crippen LogP contribution in [-0.4, -0.2) is 68.1 Å². The van der Waals surface area contributed by atoms with E-state index in [-0.39, 0.29) is 46.4 Å². The minimum Gasteiger partial charge on any atom is -0.486 e.